The Morgan fingerprint density at radius 3 is 2.89 bits per heavy atom. The molecule has 0 aliphatic carbocycles. The first kappa shape index (κ1) is 12.8. The minimum atomic E-state index is 0.256. The zero-order valence-electron chi connectivity index (χ0n) is 9.95. The molecule has 2 heterocycles. The minimum Gasteiger partial charge on any atom is -0.340 e. The maximum Gasteiger partial charge on any atom is 0.225 e. The molecule has 3 aromatic rings. The quantitative estimate of drug-likeness (QED) is 0.646. The van der Waals surface area contributed by atoms with Gasteiger partial charge in [0, 0.05) is 15.0 Å². The molecule has 0 amide bonds. The monoisotopic (exact) mass is 353 g/mol. The zero-order chi connectivity index (χ0) is 13.4. The topological polar surface area (TPSA) is 37.8 Å². The van der Waals surface area contributed by atoms with Crippen molar-refractivity contribution in [2.45, 2.75) is 6.92 Å². The maximum atomic E-state index is 5.97. The molecule has 0 unspecified atom stereocenters. The number of thiophene rings is 1. The Morgan fingerprint density at radius 2 is 2.11 bits per heavy atom. The van der Waals surface area contributed by atoms with Crippen LogP contribution in [0.1, 0.15) is 4.88 Å². The van der Waals surface area contributed by atoms with Crippen LogP contribution >= 0.6 is 38.9 Å². The van der Waals surface area contributed by atoms with Gasteiger partial charge in [-0.25, -0.2) is 4.98 Å². The minimum absolute atomic E-state index is 0.256. The van der Waals surface area contributed by atoms with Crippen LogP contribution in [0, 0.1) is 6.92 Å². The molecule has 0 saturated carbocycles. The molecule has 3 rings (SSSR count). The summed E-state index contributed by atoms with van der Waals surface area (Å²) in [5.41, 5.74) is 0.953. The van der Waals surface area contributed by atoms with Gasteiger partial charge in [0.25, 0.3) is 0 Å². The van der Waals surface area contributed by atoms with Gasteiger partial charge in [-0.3, -0.25) is 0 Å². The molecule has 0 aliphatic rings. The van der Waals surface area contributed by atoms with E-state index in [1.165, 1.54) is 4.88 Å². The van der Waals surface area contributed by atoms with Crippen molar-refractivity contribution in [1.82, 2.24) is 9.97 Å². The third-order valence-electron chi connectivity index (χ3n) is 2.58. The number of aryl methyl sites for hydroxylation is 1. The molecule has 19 heavy (non-hydrogen) atoms. The summed E-state index contributed by atoms with van der Waals surface area (Å²) >= 11 is 11.0. The Morgan fingerprint density at radius 1 is 1.26 bits per heavy atom. The van der Waals surface area contributed by atoms with Crippen LogP contribution < -0.4 is 5.32 Å². The van der Waals surface area contributed by atoms with Crippen LogP contribution in [0.5, 0.6) is 0 Å². The average molecular weight is 355 g/mol. The van der Waals surface area contributed by atoms with Crippen molar-refractivity contribution in [2.75, 3.05) is 5.32 Å². The van der Waals surface area contributed by atoms with Gasteiger partial charge in [-0.05, 0) is 42.8 Å². The van der Waals surface area contributed by atoms with Gasteiger partial charge in [-0.1, -0.05) is 22.0 Å². The third kappa shape index (κ3) is 2.73. The van der Waals surface area contributed by atoms with E-state index < -0.39 is 0 Å². The van der Waals surface area contributed by atoms with Crippen LogP contribution in [0.15, 0.2) is 34.8 Å². The zero-order valence-corrected chi connectivity index (χ0v) is 13.1. The van der Waals surface area contributed by atoms with E-state index in [9.17, 15) is 0 Å². The molecule has 0 spiro atoms. The molecule has 96 valence electrons. The van der Waals surface area contributed by atoms with E-state index >= 15 is 0 Å². The van der Waals surface area contributed by atoms with Gasteiger partial charge in [-0.15, -0.1) is 11.3 Å². The number of nitrogens with one attached hydrogen (secondary N) is 1. The number of rotatable bonds is 2. The fourth-order valence-corrected chi connectivity index (χ4v) is 3.31. The van der Waals surface area contributed by atoms with Gasteiger partial charge in [0.2, 0.25) is 5.28 Å². The molecule has 6 heteroatoms. The maximum absolute atomic E-state index is 5.97. The smallest absolute Gasteiger partial charge is 0.225 e. The summed E-state index contributed by atoms with van der Waals surface area (Å²) in [5, 5.41) is 4.53. The van der Waals surface area contributed by atoms with Gasteiger partial charge in [0.1, 0.15) is 10.6 Å². The number of benzene rings is 1. The predicted octanol–water partition coefficient (Wildman–Crippen LogP) is 5.16. The lowest BCUT2D eigenvalue weighted by atomic mass is 10.3. The molecule has 0 atom stereocenters. The number of hydrogen-bond acceptors (Lipinski definition) is 4. The summed E-state index contributed by atoms with van der Waals surface area (Å²) < 4.78 is 1.01. The van der Waals surface area contributed by atoms with Crippen LogP contribution in [0.4, 0.5) is 11.5 Å². The summed E-state index contributed by atoms with van der Waals surface area (Å²) in [7, 11) is 0. The van der Waals surface area contributed by atoms with Crippen molar-refractivity contribution in [2.24, 2.45) is 0 Å². The van der Waals surface area contributed by atoms with E-state index in [1.54, 1.807) is 11.3 Å². The number of halogens is 2. The third-order valence-corrected chi connectivity index (χ3v) is 4.18. The Balaban J connectivity index is 2.09. The lowest BCUT2D eigenvalue weighted by Gasteiger charge is -2.07. The van der Waals surface area contributed by atoms with Crippen LogP contribution in [0.3, 0.4) is 0 Å². The molecular weight excluding hydrogens is 346 g/mol. The highest BCUT2D eigenvalue weighted by Gasteiger charge is 2.10. The Hall–Kier alpha value is -1.17. The number of nitrogens with zero attached hydrogens (tertiary/aromatic N) is 2. The van der Waals surface area contributed by atoms with Crippen molar-refractivity contribution in [1.29, 1.82) is 0 Å². The summed E-state index contributed by atoms with van der Waals surface area (Å²) in [6.45, 7) is 2.04. The number of aromatic nitrogens is 2. The van der Waals surface area contributed by atoms with Gasteiger partial charge in [0.15, 0.2) is 0 Å². The first-order chi connectivity index (χ1) is 9.11. The highest BCUT2D eigenvalue weighted by atomic mass is 79.9. The summed E-state index contributed by atoms with van der Waals surface area (Å²) in [4.78, 5) is 10.6. The van der Waals surface area contributed by atoms with Crippen molar-refractivity contribution in [3.05, 3.63) is 45.0 Å². The van der Waals surface area contributed by atoms with Crippen molar-refractivity contribution < 1.29 is 0 Å². The second kappa shape index (κ2) is 5.07. The molecule has 0 aliphatic heterocycles. The van der Waals surface area contributed by atoms with E-state index in [-0.39, 0.29) is 5.28 Å². The molecule has 0 bridgehead atoms. The van der Waals surface area contributed by atoms with Gasteiger partial charge >= 0.3 is 0 Å². The van der Waals surface area contributed by atoms with Crippen molar-refractivity contribution >= 4 is 60.6 Å². The number of hydrogen-bond donors (Lipinski definition) is 1. The summed E-state index contributed by atoms with van der Waals surface area (Å²) in [6, 6.07) is 9.97. The summed E-state index contributed by atoms with van der Waals surface area (Å²) in [5.74, 6) is 0.734. The van der Waals surface area contributed by atoms with E-state index in [0.717, 1.165) is 26.2 Å². The molecule has 0 saturated heterocycles. The van der Waals surface area contributed by atoms with Crippen molar-refractivity contribution in [3.8, 4) is 0 Å². The summed E-state index contributed by atoms with van der Waals surface area (Å²) in [6.07, 6.45) is 0. The molecular formula is C13H9BrClN3S. The predicted molar refractivity (Wildman–Crippen MR) is 84.6 cm³/mol. The highest BCUT2D eigenvalue weighted by molar-refractivity contribution is 9.10. The van der Waals surface area contributed by atoms with Gasteiger partial charge in [-0.2, -0.15) is 4.98 Å². The van der Waals surface area contributed by atoms with E-state index in [2.05, 4.69) is 37.3 Å². The van der Waals surface area contributed by atoms with Crippen LogP contribution in [0.2, 0.25) is 5.28 Å². The van der Waals surface area contributed by atoms with E-state index in [0.29, 0.717) is 0 Å². The highest BCUT2D eigenvalue weighted by Crippen LogP contribution is 2.31. The Kier molecular flexibility index (Phi) is 3.43. The second-order valence-electron chi connectivity index (χ2n) is 4.05. The largest absolute Gasteiger partial charge is 0.340 e. The molecule has 3 nitrogen and oxygen atoms in total. The molecule has 2 aromatic heterocycles. The van der Waals surface area contributed by atoms with Crippen LogP contribution in [0.25, 0.3) is 10.2 Å². The van der Waals surface area contributed by atoms with Crippen LogP contribution in [-0.4, -0.2) is 9.97 Å². The molecule has 1 N–H and O–H groups in total. The Labute approximate surface area is 127 Å². The fourth-order valence-electron chi connectivity index (χ4n) is 1.81. The van der Waals surface area contributed by atoms with Crippen LogP contribution in [-0.2, 0) is 0 Å². The van der Waals surface area contributed by atoms with E-state index in [1.807, 2.05) is 31.2 Å². The number of anilines is 2. The molecule has 1 aromatic carbocycles. The lowest BCUT2D eigenvalue weighted by Crippen LogP contribution is -1.95. The number of fused-ring (bicyclic) bond motifs is 1. The average Bonchev–Trinajstić information content (AvgIpc) is 2.69. The molecule has 0 fully saturated rings. The normalized spacial score (nSPS) is 10.9. The first-order valence-corrected chi connectivity index (χ1v) is 7.57. The van der Waals surface area contributed by atoms with Gasteiger partial charge in [0.05, 0.1) is 5.39 Å². The second-order valence-corrected chi connectivity index (χ2v) is 6.54. The van der Waals surface area contributed by atoms with Gasteiger partial charge < -0.3 is 5.32 Å². The SMILES string of the molecule is Cc1cc2c(Nc3cccc(Br)c3)nc(Cl)nc2s1. The Bertz CT molecular complexity index is 757. The standard InChI is InChI=1S/C13H9BrClN3S/c1-7-5-10-11(17-13(15)18-12(10)19-7)16-9-4-2-3-8(14)6-9/h2-6H,1H3,(H,16,17,18). The van der Waals surface area contributed by atoms with Crippen molar-refractivity contribution in [3.63, 3.8) is 0 Å². The molecule has 0 radical (unpaired) electrons. The fraction of sp³-hybridized carbons (Fsp3) is 0.0769. The van der Waals surface area contributed by atoms with E-state index in [4.69, 9.17) is 11.6 Å². The first-order valence-electron chi connectivity index (χ1n) is 5.58. The lowest BCUT2D eigenvalue weighted by molar-refractivity contribution is 1.23.